The van der Waals surface area contributed by atoms with Gasteiger partial charge in [-0.2, -0.15) is 0 Å². The Balaban J connectivity index is 2.76. The quantitative estimate of drug-likeness (QED) is 0.743. The summed E-state index contributed by atoms with van der Waals surface area (Å²) in [5.74, 6) is 0.0473. The lowest BCUT2D eigenvalue weighted by Crippen LogP contribution is -2.11. The Morgan fingerprint density at radius 2 is 1.55 bits per heavy atom. The molecule has 0 bridgehead atoms. The first-order valence-corrected chi connectivity index (χ1v) is 6.98. The maximum absolute atomic E-state index is 10.5. The van der Waals surface area contributed by atoms with E-state index in [0.717, 1.165) is 5.56 Å². The molecule has 4 heteroatoms. The number of phenols is 2. The second-order valence-corrected chi connectivity index (χ2v) is 6.58. The molecule has 0 radical (unpaired) electrons. The highest BCUT2D eigenvalue weighted by atomic mass is 35.5. The van der Waals surface area contributed by atoms with Crippen molar-refractivity contribution >= 4 is 23.2 Å². The van der Waals surface area contributed by atoms with E-state index in [9.17, 15) is 10.2 Å². The molecular weight excluding hydrogens is 295 g/mol. The van der Waals surface area contributed by atoms with Crippen LogP contribution in [0.5, 0.6) is 11.5 Å². The molecule has 0 spiro atoms. The predicted molar refractivity (Wildman–Crippen MR) is 83.9 cm³/mol. The van der Waals surface area contributed by atoms with Crippen molar-refractivity contribution in [3.8, 4) is 22.6 Å². The molecule has 0 unspecified atom stereocenters. The molecule has 2 aromatic carbocycles. The van der Waals surface area contributed by atoms with Crippen molar-refractivity contribution in [1.29, 1.82) is 0 Å². The van der Waals surface area contributed by atoms with E-state index in [4.69, 9.17) is 23.2 Å². The first-order valence-electron chi connectivity index (χ1n) is 6.22. The topological polar surface area (TPSA) is 40.5 Å². The standard InChI is InChI=1S/C16H16Cl2O2/c1-16(2,3)12-8-9(17)7-11(14(12)19)10-5-4-6-13(18)15(10)20/h4-8,19-20H,1-3H3. The molecule has 0 saturated carbocycles. The van der Waals surface area contributed by atoms with E-state index >= 15 is 0 Å². The number of hydrogen-bond acceptors (Lipinski definition) is 2. The van der Waals surface area contributed by atoms with E-state index in [2.05, 4.69) is 0 Å². The minimum absolute atomic E-state index is 0.0633. The summed E-state index contributed by atoms with van der Waals surface area (Å²) in [6, 6.07) is 8.36. The molecule has 2 nitrogen and oxygen atoms in total. The molecule has 2 N–H and O–H groups in total. The van der Waals surface area contributed by atoms with Crippen LogP contribution in [-0.4, -0.2) is 10.2 Å². The van der Waals surface area contributed by atoms with Crippen molar-refractivity contribution < 1.29 is 10.2 Å². The van der Waals surface area contributed by atoms with Gasteiger partial charge in [0.1, 0.15) is 11.5 Å². The number of phenolic OH excluding ortho intramolecular Hbond substituents is 2. The first kappa shape index (κ1) is 15.0. The minimum Gasteiger partial charge on any atom is -0.507 e. The SMILES string of the molecule is CC(C)(C)c1cc(Cl)cc(-c2cccc(Cl)c2O)c1O. The summed E-state index contributed by atoms with van der Waals surface area (Å²) < 4.78 is 0. The van der Waals surface area contributed by atoms with Crippen molar-refractivity contribution in [1.82, 2.24) is 0 Å². The van der Waals surface area contributed by atoms with Gasteiger partial charge in [0.2, 0.25) is 0 Å². The van der Waals surface area contributed by atoms with Crippen LogP contribution in [0.1, 0.15) is 26.3 Å². The van der Waals surface area contributed by atoms with Gasteiger partial charge in [0.15, 0.2) is 0 Å². The van der Waals surface area contributed by atoms with Crippen LogP contribution in [0.25, 0.3) is 11.1 Å². The summed E-state index contributed by atoms with van der Waals surface area (Å²) in [4.78, 5) is 0. The highest BCUT2D eigenvalue weighted by Crippen LogP contribution is 2.44. The molecule has 0 aliphatic heterocycles. The molecule has 0 aromatic heterocycles. The third kappa shape index (κ3) is 2.72. The van der Waals surface area contributed by atoms with Crippen LogP contribution in [-0.2, 0) is 5.41 Å². The van der Waals surface area contributed by atoms with Gasteiger partial charge in [0.25, 0.3) is 0 Å². The van der Waals surface area contributed by atoms with Crippen molar-refractivity contribution in [2.75, 3.05) is 0 Å². The Hall–Kier alpha value is -1.38. The Kier molecular flexibility index (Phi) is 3.90. The minimum atomic E-state index is -0.266. The third-order valence-electron chi connectivity index (χ3n) is 3.16. The van der Waals surface area contributed by atoms with Crippen LogP contribution < -0.4 is 0 Å². The van der Waals surface area contributed by atoms with Crippen LogP contribution in [0.3, 0.4) is 0 Å². The van der Waals surface area contributed by atoms with E-state index in [1.807, 2.05) is 20.8 Å². The zero-order valence-corrected chi connectivity index (χ0v) is 13.0. The molecule has 0 aliphatic carbocycles. The fourth-order valence-corrected chi connectivity index (χ4v) is 2.50. The van der Waals surface area contributed by atoms with Crippen molar-refractivity contribution in [3.63, 3.8) is 0 Å². The highest BCUT2D eigenvalue weighted by Gasteiger charge is 2.23. The Morgan fingerprint density at radius 1 is 0.900 bits per heavy atom. The summed E-state index contributed by atoms with van der Waals surface area (Å²) in [5, 5.41) is 21.3. The van der Waals surface area contributed by atoms with E-state index < -0.39 is 0 Å². The second-order valence-electron chi connectivity index (χ2n) is 5.74. The van der Waals surface area contributed by atoms with Gasteiger partial charge in [-0.25, -0.2) is 0 Å². The van der Waals surface area contributed by atoms with Crippen LogP contribution in [0.2, 0.25) is 10.0 Å². The maximum atomic E-state index is 10.5. The van der Waals surface area contributed by atoms with Gasteiger partial charge in [-0.15, -0.1) is 0 Å². The zero-order valence-electron chi connectivity index (χ0n) is 11.5. The first-order chi connectivity index (χ1) is 9.21. The molecule has 2 aromatic rings. The molecule has 0 saturated heterocycles. The Labute approximate surface area is 128 Å². The molecule has 0 atom stereocenters. The van der Waals surface area contributed by atoms with Crippen LogP contribution in [0, 0.1) is 0 Å². The van der Waals surface area contributed by atoms with E-state index in [0.29, 0.717) is 16.1 Å². The molecule has 20 heavy (non-hydrogen) atoms. The van der Waals surface area contributed by atoms with Gasteiger partial charge < -0.3 is 10.2 Å². The van der Waals surface area contributed by atoms with E-state index in [-0.39, 0.29) is 21.9 Å². The molecule has 0 amide bonds. The molecule has 106 valence electrons. The van der Waals surface area contributed by atoms with Gasteiger partial charge in [-0.3, -0.25) is 0 Å². The fourth-order valence-electron chi connectivity index (χ4n) is 2.11. The normalized spacial score (nSPS) is 11.7. The summed E-state index contributed by atoms with van der Waals surface area (Å²) in [6.07, 6.45) is 0. The molecule has 0 fully saturated rings. The van der Waals surface area contributed by atoms with Gasteiger partial charge in [-0.05, 0) is 23.6 Å². The van der Waals surface area contributed by atoms with Gasteiger partial charge >= 0.3 is 0 Å². The summed E-state index contributed by atoms with van der Waals surface area (Å²) in [6.45, 7) is 5.96. The lowest BCUT2D eigenvalue weighted by Gasteiger charge is -2.23. The van der Waals surface area contributed by atoms with Gasteiger partial charge in [0, 0.05) is 21.7 Å². The number of halogens is 2. The lowest BCUT2D eigenvalue weighted by molar-refractivity contribution is 0.446. The summed E-state index contributed by atoms with van der Waals surface area (Å²) >= 11 is 12.1. The molecule has 2 rings (SSSR count). The van der Waals surface area contributed by atoms with E-state index in [1.54, 1.807) is 30.3 Å². The van der Waals surface area contributed by atoms with E-state index in [1.165, 1.54) is 0 Å². The average molecular weight is 311 g/mol. The summed E-state index contributed by atoms with van der Waals surface area (Å²) in [7, 11) is 0. The van der Waals surface area contributed by atoms with Crippen molar-refractivity contribution in [3.05, 3.63) is 45.9 Å². The largest absolute Gasteiger partial charge is 0.507 e. The number of aromatic hydroxyl groups is 2. The Morgan fingerprint density at radius 3 is 2.15 bits per heavy atom. The Bertz CT molecular complexity index is 658. The van der Waals surface area contributed by atoms with Gasteiger partial charge in [0.05, 0.1) is 5.02 Å². The average Bonchev–Trinajstić information content (AvgIpc) is 2.34. The number of hydrogen-bond donors (Lipinski definition) is 2. The zero-order chi connectivity index (χ0) is 15.1. The van der Waals surface area contributed by atoms with Crippen LogP contribution in [0.4, 0.5) is 0 Å². The molecule has 0 aliphatic rings. The fraction of sp³-hybridized carbons (Fsp3) is 0.250. The smallest absolute Gasteiger partial charge is 0.142 e. The van der Waals surface area contributed by atoms with Crippen LogP contribution >= 0.6 is 23.2 Å². The second kappa shape index (κ2) is 5.19. The third-order valence-corrected chi connectivity index (χ3v) is 3.68. The van der Waals surface area contributed by atoms with Crippen molar-refractivity contribution in [2.24, 2.45) is 0 Å². The lowest BCUT2D eigenvalue weighted by atomic mass is 9.84. The summed E-state index contributed by atoms with van der Waals surface area (Å²) in [5.41, 5.74) is 1.39. The van der Waals surface area contributed by atoms with Crippen molar-refractivity contribution in [2.45, 2.75) is 26.2 Å². The number of rotatable bonds is 1. The number of para-hydroxylation sites is 1. The highest BCUT2D eigenvalue weighted by molar-refractivity contribution is 6.32. The molecule has 0 heterocycles. The molecular formula is C16H16Cl2O2. The number of benzene rings is 2. The van der Waals surface area contributed by atoms with Gasteiger partial charge in [-0.1, -0.05) is 56.1 Å². The van der Waals surface area contributed by atoms with Crippen LogP contribution in [0.15, 0.2) is 30.3 Å². The predicted octanol–water partition coefficient (Wildman–Crippen LogP) is 5.37. The maximum Gasteiger partial charge on any atom is 0.142 e. The monoisotopic (exact) mass is 310 g/mol.